The Kier molecular flexibility index (Phi) is 5.07. The number of aromatic amines is 1. The summed E-state index contributed by atoms with van der Waals surface area (Å²) in [6.07, 6.45) is 12.4. The topological polar surface area (TPSA) is 36.9 Å². The molecule has 138 valence electrons. The molecular weight excluding hydrogens is 388 g/mol. The van der Waals surface area contributed by atoms with Crippen molar-refractivity contribution in [1.82, 2.24) is 14.8 Å². The second-order valence-corrected chi connectivity index (χ2v) is 8.46. The summed E-state index contributed by atoms with van der Waals surface area (Å²) in [4.78, 5) is 6.05. The van der Waals surface area contributed by atoms with Gasteiger partial charge in [-0.25, -0.2) is 0 Å². The number of rotatable bonds is 5. The van der Waals surface area contributed by atoms with Crippen molar-refractivity contribution in [3.8, 4) is 0 Å². The first kappa shape index (κ1) is 17.7. The predicted molar refractivity (Wildman–Crippen MR) is 112 cm³/mol. The van der Waals surface area contributed by atoms with Gasteiger partial charge in [0, 0.05) is 46.9 Å². The zero-order valence-electron chi connectivity index (χ0n) is 15.6. The van der Waals surface area contributed by atoms with Crippen molar-refractivity contribution < 1.29 is 0 Å². The van der Waals surface area contributed by atoms with Crippen LogP contribution >= 0.6 is 15.9 Å². The molecule has 1 saturated heterocycles. The lowest BCUT2D eigenvalue weighted by atomic mass is 10.0. The largest absolute Gasteiger partial charge is 0.370 e. The van der Waals surface area contributed by atoms with Crippen LogP contribution in [0.1, 0.15) is 50.3 Å². The van der Waals surface area contributed by atoms with Crippen molar-refractivity contribution in [2.45, 2.75) is 52.0 Å². The van der Waals surface area contributed by atoms with Crippen LogP contribution in [0.4, 0.5) is 5.69 Å². The van der Waals surface area contributed by atoms with E-state index in [-0.39, 0.29) is 0 Å². The summed E-state index contributed by atoms with van der Waals surface area (Å²) in [5.74, 6) is 0. The van der Waals surface area contributed by atoms with E-state index >= 15 is 0 Å². The summed E-state index contributed by atoms with van der Waals surface area (Å²) < 4.78 is 3.25. The molecule has 3 heterocycles. The van der Waals surface area contributed by atoms with Gasteiger partial charge in [0.05, 0.1) is 11.9 Å². The van der Waals surface area contributed by atoms with E-state index < -0.39 is 0 Å². The first-order chi connectivity index (χ1) is 12.6. The minimum absolute atomic E-state index is 0.415. The van der Waals surface area contributed by atoms with Crippen LogP contribution in [0.25, 0.3) is 10.9 Å². The zero-order chi connectivity index (χ0) is 18.1. The molecule has 0 radical (unpaired) electrons. The van der Waals surface area contributed by atoms with E-state index in [1.807, 2.05) is 10.9 Å². The van der Waals surface area contributed by atoms with Crippen LogP contribution in [-0.4, -0.2) is 27.9 Å². The summed E-state index contributed by atoms with van der Waals surface area (Å²) in [5.41, 5.74) is 5.32. The third-order valence-corrected chi connectivity index (χ3v) is 6.03. The van der Waals surface area contributed by atoms with Gasteiger partial charge in [-0.1, -0.05) is 0 Å². The molecule has 4 rings (SSSR count). The van der Waals surface area contributed by atoms with Crippen molar-refractivity contribution in [3.05, 3.63) is 46.3 Å². The minimum atomic E-state index is 0.415. The molecular formula is C21H27BrN4. The smallest absolute Gasteiger partial charge is 0.0608 e. The summed E-state index contributed by atoms with van der Waals surface area (Å²) in [6, 6.07) is 4.78. The van der Waals surface area contributed by atoms with Crippen LogP contribution in [0.2, 0.25) is 0 Å². The van der Waals surface area contributed by atoms with E-state index in [0.29, 0.717) is 6.04 Å². The van der Waals surface area contributed by atoms with Crippen LogP contribution < -0.4 is 4.90 Å². The van der Waals surface area contributed by atoms with E-state index in [2.05, 4.69) is 69.3 Å². The maximum atomic E-state index is 4.48. The number of H-pyrrole nitrogens is 1. The molecule has 0 saturated carbocycles. The van der Waals surface area contributed by atoms with Gasteiger partial charge in [0.25, 0.3) is 0 Å². The molecule has 0 amide bonds. The number of fused-ring (bicyclic) bond motifs is 1. The molecule has 0 aliphatic carbocycles. The van der Waals surface area contributed by atoms with Crippen molar-refractivity contribution in [1.29, 1.82) is 0 Å². The lowest BCUT2D eigenvalue weighted by Gasteiger charge is -2.30. The molecule has 1 aliphatic heterocycles. The quantitative estimate of drug-likeness (QED) is 0.599. The Morgan fingerprint density at radius 3 is 2.69 bits per heavy atom. The normalized spacial score (nSPS) is 15.3. The third-order valence-electron chi connectivity index (χ3n) is 5.39. The molecule has 2 aromatic heterocycles. The summed E-state index contributed by atoms with van der Waals surface area (Å²) in [5, 5.41) is 5.86. The molecule has 1 aromatic carbocycles. The highest BCUT2D eigenvalue weighted by molar-refractivity contribution is 9.10. The lowest BCUT2D eigenvalue weighted by molar-refractivity contribution is 0.532. The third kappa shape index (κ3) is 3.41. The highest BCUT2D eigenvalue weighted by Gasteiger charge is 2.19. The number of hydrogen-bond donors (Lipinski definition) is 1. The van der Waals surface area contributed by atoms with Crippen LogP contribution in [-0.2, 0) is 12.8 Å². The van der Waals surface area contributed by atoms with Gasteiger partial charge in [0.15, 0.2) is 0 Å². The average Bonchev–Trinajstić information content (AvgIpc) is 3.28. The van der Waals surface area contributed by atoms with Gasteiger partial charge in [-0.15, -0.1) is 0 Å². The van der Waals surface area contributed by atoms with E-state index in [0.717, 1.165) is 25.9 Å². The number of benzene rings is 1. The van der Waals surface area contributed by atoms with Gasteiger partial charge in [0.1, 0.15) is 0 Å². The molecule has 4 nitrogen and oxygen atoms in total. The highest BCUT2D eigenvalue weighted by Crippen LogP contribution is 2.38. The lowest BCUT2D eigenvalue weighted by Crippen LogP contribution is -2.29. The van der Waals surface area contributed by atoms with Crippen molar-refractivity contribution >= 4 is 32.5 Å². The summed E-state index contributed by atoms with van der Waals surface area (Å²) in [6.45, 7) is 6.64. The standard InChI is InChI=1S/C21H27BrN4/c1-15(2)26-14-16(12-24-26)6-7-17-13-23-19-9-8-18(22)21(20(17)19)25-10-4-3-5-11-25/h8-9,12-15,23H,3-7,10-11H2,1-2H3. The molecule has 0 unspecified atom stereocenters. The van der Waals surface area contributed by atoms with Gasteiger partial charge in [-0.3, -0.25) is 4.68 Å². The first-order valence-electron chi connectivity index (χ1n) is 9.70. The number of piperidine rings is 1. The van der Waals surface area contributed by atoms with Gasteiger partial charge >= 0.3 is 0 Å². The van der Waals surface area contributed by atoms with Gasteiger partial charge in [-0.05, 0) is 85.1 Å². The SMILES string of the molecule is CC(C)n1cc(CCc2c[nH]c3ccc(Br)c(N4CCCCC4)c23)cn1. The minimum Gasteiger partial charge on any atom is -0.370 e. The van der Waals surface area contributed by atoms with Crippen LogP contribution in [0.15, 0.2) is 35.2 Å². The van der Waals surface area contributed by atoms with Crippen molar-refractivity contribution in [2.75, 3.05) is 18.0 Å². The number of aryl methyl sites for hydroxylation is 2. The molecule has 5 heteroatoms. The number of hydrogen-bond acceptors (Lipinski definition) is 2. The summed E-state index contributed by atoms with van der Waals surface area (Å²) in [7, 11) is 0. The number of halogens is 1. The van der Waals surface area contributed by atoms with Gasteiger partial charge in [-0.2, -0.15) is 5.10 Å². The molecule has 1 aliphatic rings. The Hall–Kier alpha value is -1.75. The maximum absolute atomic E-state index is 4.48. The fourth-order valence-electron chi connectivity index (χ4n) is 3.94. The van der Waals surface area contributed by atoms with E-state index in [1.54, 1.807) is 0 Å². The van der Waals surface area contributed by atoms with E-state index in [1.165, 1.54) is 51.5 Å². The van der Waals surface area contributed by atoms with Crippen molar-refractivity contribution in [2.24, 2.45) is 0 Å². The molecule has 1 fully saturated rings. The number of nitrogens with one attached hydrogen (secondary N) is 1. The van der Waals surface area contributed by atoms with Crippen LogP contribution in [0, 0.1) is 0 Å². The number of anilines is 1. The molecule has 0 bridgehead atoms. The first-order valence-corrected chi connectivity index (χ1v) is 10.5. The fraction of sp³-hybridized carbons (Fsp3) is 0.476. The van der Waals surface area contributed by atoms with Crippen molar-refractivity contribution in [3.63, 3.8) is 0 Å². The van der Waals surface area contributed by atoms with Crippen LogP contribution in [0.5, 0.6) is 0 Å². The molecule has 3 aromatic rings. The Balaban J connectivity index is 1.63. The number of nitrogens with zero attached hydrogens (tertiary/aromatic N) is 3. The molecule has 1 N–H and O–H groups in total. The maximum Gasteiger partial charge on any atom is 0.0608 e. The highest BCUT2D eigenvalue weighted by atomic mass is 79.9. The second kappa shape index (κ2) is 7.47. The molecule has 0 spiro atoms. The Morgan fingerprint density at radius 1 is 1.15 bits per heavy atom. The predicted octanol–water partition coefficient (Wildman–Crippen LogP) is 5.48. The molecule has 26 heavy (non-hydrogen) atoms. The average molecular weight is 415 g/mol. The van der Waals surface area contributed by atoms with Gasteiger partial charge in [0.2, 0.25) is 0 Å². The van der Waals surface area contributed by atoms with E-state index in [9.17, 15) is 0 Å². The Labute approximate surface area is 163 Å². The number of aromatic nitrogens is 3. The van der Waals surface area contributed by atoms with Crippen LogP contribution in [0.3, 0.4) is 0 Å². The second-order valence-electron chi connectivity index (χ2n) is 7.60. The Morgan fingerprint density at radius 2 is 1.96 bits per heavy atom. The molecule has 0 atom stereocenters. The zero-order valence-corrected chi connectivity index (χ0v) is 17.2. The van der Waals surface area contributed by atoms with E-state index in [4.69, 9.17) is 0 Å². The fourth-order valence-corrected chi connectivity index (χ4v) is 4.52. The van der Waals surface area contributed by atoms with Gasteiger partial charge < -0.3 is 9.88 Å². The summed E-state index contributed by atoms with van der Waals surface area (Å²) >= 11 is 3.82. The Bertz CT molecular complexity index is 887. The monoisotopic (exact) mass is 414 g/mol.